The standard InChI is InChI=1S/C19H22ClNO3/c1-24-15-8-4-13(5-9-15)16-10-17(22)19(23)18(16)21-11-12-2-6-14(20)7-3-12/h2-9,16-19,21-23H,10-11H2,1H3. The molecule has 1 aliphatic carbocycles. The molecule has 1 saturated carbocycles. The summed E-state index contributed by atoms with van der Waals surface area (Å²) in [5.74, 6) is 0.844. The van der Waals surface area contributed by atoms with Gasteiger partial charge in [-0.05, 0) is 41.8 Å². The Labute approximate surface area is 147 Å². The van der Waals surface area contributed by atoms with Crippen LogP contribution in [0.1, 0.15) is 23.5 Å². The number of hydrogen-bond acceptors (Lipinski definition) is 4. The van der Waals surface area contributed by atoms with E-state index in [1.165, 1.54) is 0 Å². The molecule has 0 spiro atoms. The van der Waals surface area contributed by atoms with Crippen LogP contribution in [-0.4, -0.2) is 35.6 Å². The van der Waals surface area contributed by atoms with Gasteiger partial charge in [0.1, 0.15) is 5.75 Å². The summed E-state index contributed by atoms with van der Waals surface area (Å²) in [4.78, 5) is 0. The summed E-state index contributed by atoms with van der Waals surface area (Å²) in [5.41, 5.74) is 2.17. The third kappa shape index (κ3) is 3.73. The SMILES string of the molecule is COc1ccc(C2CC(O)C(O)C2NCc2ccc(Cl)cc2)cc1. The van der Waals surface area contributed by atoms with Crippen LogP contribution in [0.2, 0.25) is 5.02 Å². The van der Waals surface area contributed by atoms with Gasteiger partial charge in [-0.3, -0.25) is 0 Å². The first-order valence-corrected chi connectivity index (χ1v) is 8.44. The minimum Gasteiger partial charge on any atom is -0.497 e. The Morgan fingerprint density at radius 2 is 1.75 bits per heavy atom. The van der Waals surface area contributed by atoms with Gasteiger partial charge in [-0.25, -0.2) is 0 Å². The number of hydrogen-bond donors (Lipinski definition) is 3. The molecule has 4 unspecified atom stereocenters. The molecule has 3 N–H and O–H groups in total. The van der Waals surface area contributed by atoms with Gasteiger partial charge in [0.25, 0.3) is 0 Å². The summed E-state index contributed by atoms with van der Waals surface area (Å²) in [6, 6.07) is 15.2. The molecule has 0 radical (unpaired) electrons. The third-order valence-corrected chi connectivity index (χ3v) is 4.94. The Kier molecular flexibility index (Phi) is 5.41. The molecule has 0 aromatic heterocycles. The first-order valence-electron chi connectivity index (χ1n) is 8.06. The van der Waals surface area contributed by atoms with Gasteiger partial charge in [0, 0.05) is 23.5 Å². The monoisotopic (exact) mass is 347 g/mol. The second kappa shape index (κ2) is 7.53. The third-order valence-electron chi connectivity index (χ3n) is 4.69. The highest BCUT2D eigenvalue weighted by Gasteiger charge is 2.41. The molecule has 2 aromatic rings. The number of aliphatic hydroxyl groups excluding tert-OH is 2. The van der Waals surface area contributed by atoms with E-state index < -0.39 is 12.2 Å². The topological polar surface area (TPSA) is 61.7 Å². The van der Waals surface area contributed by atoms with E-state index in [1.54, 1.807) is 7.11 Å². The average Bonchev–Trinajstić information content (AvgIpc) is 2.89. The van der Waals surface area contributed by atoms with Crippen LogP contribution in [0.4, 0.5) is 0 Å². The number of rotatable bonds is 5. The van der Waals surface area contributed by atoms with Crippen molar-refractivity contribution in [1.82, 2.24) is 5.32 Å². The fourth-order valence-corrected chi connectivity index (χ4v) is 3.45. The number of benzene rings is 2. The van der Waals surface area contributed by atoms with E-state index in [1.807, 2.05) is 48.5 Å². The van der Waals surface area contributed by atoms with E-state index in [9.17, 15) is 10.2 Å². The Hall–Kier alpha value is -1.59. The zero-order valence-corrected chi connectivity index (χ0v) is 14.3. The maximum atomic E-state index is 10.4. The molecular formula is C19H22ClNO3. The summed E-state index contributed by atoms with van der Waals surface area (Å²) in [5, 5.41) is 24.5. The van der Waals surface area contributed by atoms with Crippen molar-refractivity contribution in [3.63, 3.8) is 0 Å². The lowest BCUT2D eigenvalue weighted by molar-refractivity contribution is 0.0297. The highest BCUT2D eigenvalue weighted by molar-refractivity contribution is 6.30. The predicted molar refractivity (Wildman–Crippen MR) is 94.4 cm³/mol. The second-order valence-electron chi connectivity index (χ2n) is 6.21. The van der Waals surface area contributed by atoms with Crippen molar-refractivity contribution in [2.24, 2.45) is 0 Å². The molecule has 5 heteroatoms. The molecule has 0 saturated heterocycles. The molecule has 128 valence electrons. The Balaban J connectivity index is 1.73. The molecule has 0 aliphatic heterocycles. The average molecular weight is 348 g/mol. The summed E-state index contributed by atoms with van der Waals surface area (Å²) < 4.78 is 5.19. The lowest BCUT2D eigenvalue weighted by atomic mass is 9.93. The van der Waals surface area contributed by atoms with Gasteiger partial charge >= 0.3 is 0 Å². The van der Waals surface area contributed by atoms with E-state index in [0.717, 1.165) is 16.9 Å². The zero-order valence-electron chi connectivity index (χ0n) is 13.5. The quantitative estimate of drug-likeness (QED) is 0.778. The molecule has 3 rings (SSSR count). The lowest BCUT2D eigenvalue weighted by Crippen LogP contribution is -2.41. The molecule has 1 aliphatic rings. The summed E-state index contributed by atoms with van der Waals surface area (Å²) in [6.07, 6.45) is -0.976. The Bertz CT molecular complexity index is 659. The van der Waals surface area contributed by atoms with Crippen LogP contribution in [0, 0.1) is 0 Å². The van der Waals surface area contributed by atoms with Crippen molar-refractivity contribution in [2.75, 3.05) is 7.11 Å². The van der Waals surface area contributed by atoms with Crippen molar-refractivity contribution in [3.8, 4) is 5.75 Å². The first kappa shape index (κ1) is 17.2. The van der Waals surface area contributed by atoms with Crippen molar-refractivity contribution in [3.05, 3.63) is 64.7 Å². The number of ether oxygens (including phenoxy) is 1. The number of halogens is 1. The Morgan fingerprint density at radius 1 is 1.08 bits per heavy atom. The van der Waals surface area contributed by atoms with Gasteiger partial charge in [-0.2, -0.15) is 0 Å². The van der Waals surface area contributed by atoms with E-state index >= 15 is 0 Å². The molecule has 0 amide bonds. The van der Waals surface area contributed by atoms with Gasteiger partial charge in [0.05, 0.1) is 19.3 Å². The lowest BCUT2D eigenvalue weighted by Gasteiger charge is -2.24. The van der Waals surface area contributed by atoms with Crippen molar-refractivity contribution < 1.29 is 14.9 Å². The molecule has 4 atom stereocenters. The maximum absolute atomic E-state index is 10.4. The van der Waals surface area contributed by atoms with Crippen LogP contribution >= 0.6 is 11.6 Å². The minimum atomic E-state index is -0.788. The summed E-state index contributed by atoms with van der Waals surface area (Å²) >= 11 is 5.91. The van der Waals surface area contributed by atoms with Crippen LogP contribution < -0.4 is 10.1 Å². The highest BCUT2D eigenvalue weighted by Crippen LogP contribution is 2.36. The Morgan fingerprint density at radius 3 is 2.38 bits per heavy atom. The van der Waals surface area contributed by atoms with Crippen molar-refractivity contribution >= 4 is 11.6 Å². The fraction of sp³-hybridized carbons (Fsp3) is 0.368. The van der Waals surface area contributed by atoms with Gasteiger partial charge in [0.15, 0.2) is 0 Å². The van der Waals surface area contributed by atoms with Crippen LogP contribution in [0.25, 0.3) is 0 Å². The van der Waals surface area contributed by atoms with E-state index in [4.69, 9.17) is 16.3 Å². The summed E-state index contributed by atoms with van der Waals surface area (Å²) in [7, 11) is 1.63. The molecular weight excluding hydrogens is 326 g/mol. The van der Waals surface area contributed by atoms with Crippen molar-refractivity contribution in [2.45, 2.75) is 37.1 Å². The molecule has 4 nitrogen and oxygen atoms in total. The number of aliphatic hydroxyl groups is 2. The first-order chi connectivity index (χ1) is 11.6. The van der Waals surface area contributed by atoms with Gasteiger partial charge in [0.2, 0.25) is 0 Å². The zero-order chi connectivity index (χ0) is 17.1. The molecule has 2 aromatic carbocycles. The minimum absolute atomic E-state index is 0.0493. The van der Waals surface area contributed by atoms with Crippen LogP contribution in [0.15, 0.2) is 48.5 Å². The molecule has 0 bridgehead atoms. The maximum Gasteiger partial charge on any atom is 0.118 e. The van der Waals surface area contributed by atoms with Crippen molar-refractivity contribution in [1.29, 1.82) is 0 Å². The highest BCUT2D eigenvalue weighted by atomic mass is 35.5. The summed E-state index contributed by atoms with van der Waals surface area (Å²) in [6.45, 7) is 0.609. The molecule has 24 heavy (non-hydrogen) atoms. The van der Waals surface area contributed by atoms with E-state index in [2.05, 4.69) is 5.32 Å². The molecule has 1 fully saturated rings. The fourth-order valence-electron chi connectivity index (χ4n) is 3.32. The normalized spacial score (nSPS) is 26.5. The largest absolute Gasteiger partial charge is 0.497 e. The molecule has 0 heterocycles. The number of methoxy groups -OCH3 is 1. The van der Waals surface area contributed by atoms with Gasteiger partial charge < -0.3 is 20.3 Å². The predicted octanol–water partition coefficient (Wildman–Crippen LogP) is 2.72. The van der Waals surface area contributed by atoms with E-state index in [-0.39, 0.29) is 12.0 Å². The smallest absolute Gasteiger partial charge is 0.118 e. The van der Waals surface area contributed by atoms with Gasteiger partial charge in [-0.15, -0.1) is 0 Å². The van der Waals surface area contributed by atoms with Crippen LogP contribution in [0.3, 0.4) is 0 Å². The number of nitrogens with one attached hydrogen (secondary N) is 1. The van der Waals surface area contributed by atoms with Crippen LogP contribution in [-0.2, 0) is 6.54 Å². The van der Waals surface area contributed by atoms with Crippen LogP contribution in [0.5, 0.6) is 5.75 Å². The van der Waals surface area contributed by atoms with Gasteiger partial charge in [-0.1, -0.05) is 35.9 Å². The second-order valence-corrected chi connectivity index (χ2v) is 6.64. The van der Waals surface area contributed by atoms with E-state index in [0.29, 0.717) is 18.0 Å².